The van der Waals surface area contributed by atoms with Crippen LogP contribution in [-0.4, -0.2) is 39.7 Å². The number of aliphatic hydroxyl groups excluding tert-OH is 1. The summed E-state index contributed by atoms with van der Waals surface area (Å²) < 4.78 is 1.81. The van der Waals surface area contributed by atoms with Crippen molar-refractivity contribution in [2.45, 2.75) is 39.0 Å². The van der Waals surface area contributed by atoms with Crippen LogP contribution in [0.5, 0.6) is 0 Å². The number of hydrogen-bond acceptors (Lipinski definition) is 4. The van der Waals surface area contributed by atoms with Gasteiger partial charge in [0.05, 0.1) is 12.0 Å². The molecule has 158 valence electrons. The van der Waals surface area contributed by atoms with E-state index >= 15 is 0 Å². The Morgan fingerprint density at radius 3 is 2.67 bits per heavy atom. The Morgan fingerprint density at radius 2 is 2.00 bits per heavy atom. The number of hydrogen-bond donors (Lipinski definition) is 2. The summed E-state index contributed by atoms with van der Waals surface area (Å²) in [6.07, 6.45) is 3.67. The van der Waals surface area contributed by atoms with Crippen LogP contribution in [0.1, 0.15) is 36.7 Å². The zero-order chi connectivity index (χ0) is 21.3. The summed E-state index contributed by atoms with van der Waals surface area (Å²) >= 11 is 0. The van der Waals surface area contributed by atoms with Gasteiger partial charge in [-0.2, -0.15) is 0 Å². The first kappa shape index (κ1) is 20.6. The van der Waals surface area contributed by atoms with E-state index in [2.05, 4.69) is 17.1 Å². The van der Waals surface area contributed by atoms with Crippen molar-refractivity contribution in [3.05, 3.63) is 75.7 Å². The lowest BCUT2D eigenvalue weighted by molar-refractivity contribution is -0.127. The number of nitrogens with zero attached hydrogens (tertiary/aromatic N) is 2. The van der Waals surface area contributed by atoms with Gasteiger partial charge in [0, 0.05) is 42.9 Å². The Bertz CT molecular complexity index is 999. The molecule has 4 rings (SSSR count). The second-order valence-corrected chi connectivity index (χ2v) is 8.05. The number of likely N-dealkylation sites (N-methyl/N-ethyl adjacent to an activating group) is 1. The van der Waals surface area contributed by atoms with Crippen LogP contribution in [0.2, 0.25) is 0 Å². The molecule has 2 aromatic rings. The maximum atomic E-state index is 13.3. The van der Waals surface area contributed by atoms with Gasteiger partial charge in [-0.1, -0.05) is 49.4 Å². The third-order valence-electron chi connectivity index (χ3n) is 6.52. The Hall–Kier alpha value is -2.70. The predicted molar refractivity (Wildman–Crippen MR) is 117 cm³/mol. The van der Waals surface area contributed by atoms with E-state index in [0.717, 1.165) is 17.8 Å². The molecule has 0 unspecified atom stereocenters. The fraction of sp³-hybridized carbons (Fsp3) is 0.417. The number of benzene rings is 1. The van der Waals surface area contributed by atoms with Gasteiger partial charge in [0.1, 0.15) is 0 Å². The Kier molecular flexibility index (Phi) is 5.88. The number of fused-ring (bicyclic) bond motifs is 4. The number of pyridine rings is 1. The van der Waals surface area contributed by atoms with Gasteiger partial charge in [0.25, 0.3) is 5.56 Å². The van der Waals surface area contributed by atoms with Crippen LogP contribution >= 0.6 is 0 Å². The first-order valence-corrected chi connectivity index (χ1v) is 10.6. The number of aliphatic hydroxyl groups is 1. The van der Waals surface area contributed by atoms with Crippen LogP contribution < -0.4 is 10.9 Å². The molecule has 2 aliphatic heterocycles. The van der Waals surface area contributed by atoms with Crippen LogP contribution in [0.25, 0.3) is 6.08 Å². The Balaban J connectivity index is 1.69. The van der Waals surface area contributed by atoms with E-state index in [-0.39, 0.29) is 36.1 Å². The first-order valence-electron chi connectivity index (χ1n) is 10.6. The maximum Gasteiger partial charge on any atom is 0.258 e. The molecule has 1 fully saturated rings. The van der Waals surface area contributed by atoms with Gasteiger partial charge in [-0.15, -0.1) is 0 Å². The second-order valence-electron chi connectivity index (χ2n) is 8.05. The lowest BCUT2D eigenvalue weighted by Crippen LogP contribution is -2.46. The molecule has 30 heavy (non-hydrogen) atoms. The fourth-order valence-electron chi connectivity index (χ4n) is 5.18. The van der Waals surface area contributed by atoms with Crippen molar-refractivity contribution in [2.75, 3.05) is 13.2 Å². The topological polar surface area (TPSA) is 74.6 Å². The zero-order valence-corrected chi connectivity index (χ0v) is 17.5. The fourth-order valence-corrected chi connectivity index (χ4v) is 5.18. The molecule has 1 amide bonds. The Morgan fingerprint density at radius 1 is 1.23 bits per heavy atom. The summed E-state index contributed by atoms with van der Waals surface area (Å²) in [7, 11) is 0. The van der Waals surface area contributed by atoms with Gasteiger partial charge < -0.3 is 15.0 Å². The molecule has 0 saturated carbocycles. The number of carbonyl (C=O) groups is 1. The van der Waals surface area contributed by atoms with Crippen LogP contribution in [0.15, 0.2) is 53.3 Å². The summed E-state index contributed by atoms with van der Waals surface area (Å²) in [5.41, 5.74) is 2.52. The van der Waals surface area contributed by atoms with Gasteiger partial charge in [0.2, 0.25) is 5.91 Å². The highest BCUT2D eigenvalue weighted by atomic mass is 16.3. The molecule has 6 nitrogen and oxygen atoms in total. The largest absolute Gasteiger partial charge is 0.396 e. The van der Waals surface area contributed by atoms with Crippen molar-refractivity contribution in [1.29, 1.82) is 0 Å². The van der Waals surface area contributed by atoms with Gasteiger partial charge in [-0.05, 0) is 31.2 Å². The summed E-state index contributed by atoms with van der Waals surface area (Å²) in [4.78, 5) is 28.6. The molecule has 1 aromatic heterocycles. The molecule has 2 aliphatic rings. The standard InChI is InChI=1S/C24H29N3O3/c1-3-8-17-11-12-19-22-21(23(29)25-13-16-9-6-5-7-10-16)18(15-28)20(26(22)4-2)14-27(19)24(17)30/h3,5-12,18,20-22,28H,4,13-15H2,1-2H3,(H,25,29)/b8-3-/t18-,20-,21+,22+/m1/s1. The average Bonchev–Trinajstić information content (AvgIpc) is 3.00. The van der Waals surface area contributed by atoms with E-state index in [1.165, 1.54) is 0 Å². The average molecular weight is 408 g/mol. The van der Waals surface area contributed by atoms with Crippen molar-refractivity contribution in [2.24, 2.45) is 11.8 Å². The molecule has 2 N–H and O–H groups in total. The monoisotopic (exact) mass is 407 g/mol. The minimum absolute atomic E-state index is 0.0293. The van der Waals surface area contributed by atoms with E-state index < -0.39 is 5.92 Å². The minimum Gasteiger partial charge on any atom is -0.396 e. The van der Waals surface area contributed by atoms with Gasteiger partial charge in [0.15, 0.2) is 0 Å². The molecule has 0 aliphatic carbocycles. The second kappa shape index (κ2) is 8.58. The van der Waals surface area contributed by atoms with Crippen molar-refractivity contribution < 1.29 is 9.90 Å². The SMILES string of the molecule is C/C=C\c1ccc2n(c1=O)C[C@@H]1[C@@H](CO)[C@H](C(=O)NCc3ccccc3)[C@H]2N1CC. The normalized spacial score (nSPS) is 25.4. The molecule has 4 atom stereocenters. The van der Waals surface area contributed by atoms with Crippen molar-refractivity contribution in [3.63, 3.8) is 0 Å². The maximum absolute atomic E-state index is 13.3. The quantitative estimate of drug-likeness (QED) is 0.770. The van der Waals surface area contributed by atoms with Crippen molar-refractivity contribution >= 4 is 12.0 Å². The van der Waals surface area contributed by atoms with E-state index in [1.54, 1.807) is 0 Å². The number of rotatable bonds is 6. The molecule has 2 bridgehead atoms. The molecular weight excluding hydrogens is 378 g/mol. The predicted octanol–water partition coefficient (Wildman–Crippen LogP) is 2.18. The van der Waals surface area contributed by atoms with E-state index in [0.29, 0.717) is 18.7 Å². The molecular formula is C24H29N3O3. The summed E-state index contributed by atoms with van der Waals surface area (Å²) in [6.45, 7) is 5.59. The van der Waals surface area contributed by atoms with E-state index in [4.69, 9.17) is 0 Å². The highest BCUT2D eigenvalue weighted by Crippen LogP contribution is 2.48. The van der Waals surface area contributed by atoms with E-state index in [1.807, 2.05) is 66.1 Å². The minimum atomic E-state index is -0.399. The van der Waals surface area contributed by atoms with Crippen LogP contribution in [0.3, 0.4) is 0 Å². The van der Waals surface area contributed by atoms with Gasteiger partial charge in [-0.25, -0.2) is 0 Å². The first-order chi connectivity index (χ1) is 14.6. The van der Waals surface area contributed by atoms with Crippen LogP contribution in [0, 0.1) is 11.8 Å². The van der Waals surface area contributed by atoms with Crippen molar-refractivity contribution in [1.82, 2.24) is 14.8 Å². The molecule has 0 spiro atoms. The molecule has 6 heteroatoms. The van der Waals surface area contributed by atoms with E-state index in [9.17, 15) is 14.7 Å². The molecule has 0 radical (unpaired) electrons. The van der Waals surface area contributed by atoms with Crippen LogP contribution in [-0.2, 0) is 17.9 Å². The number of allylic oxidation sites excluding steroid dienone is 1. The lowest BCUT2D eigenvalue weighted by Gasteiger charge is -2.37. The summed E-state index contributed by atoms with van der Waals surface area (Å²) in [5, 5.41) is 13.3. The third kappa shape index (κ3) is 3.40. The van der Waals surface area contributed by atoms with Gasteiger partial charge >= 0.3 is 0 Å². The van der Waals surface area contributed by atoms with Crippen molar-refractivity contribution in [3.8, 4) is 0 Å². The molecule has 1 saturated heterocycles. The third-order valence-corrected chi connectivity index (χ3v) is 6.52. The van der Waals surface area contributed by atoms with Crippen LogP contribution in [0.4, 0.5) is 0 Å². The summed E-state index contributed by atoms with van der Waals surface area (Å²) in [5.74, 6) is -0.679. The lowest BCUT2D eigenvalue weighted by atomic mass is 9.86. The smallest absolute Gasteiger partial charge is 0.258 e. The highest BCUT2D eigenvalue weighted by molar-refractivity contribution is 5.80. The molecule has 3 heterocycles. The zero-order valence-electron chi connectivity index (χ0n) is 17.5. The number of aromatic nitrogens is 1. The number of nitrogens with one attached hydrogen (secondary N) is 1. The number of amides is 1. The number of carbonyl (C=O) groups excluding carboxylic acids is 1. The highest BCUT2D eigenvalue weighted by Gasteiger charge is 2.55. The Labute approximate surface area is 176 Å². The summed E-state index contributed by atoms with van der Waals surface area (Å²) in [6, 6.07) is 13.4. The molecule has 1 aromatic carbocycles. The van der Waals surface area contributed by atoms with Gasteiger partial charge in [-0.3, -0.25) is 14.5 Å².